The minimum atomic E-state index is -0.998. The van der Waals surface area contributed by atoms with Crippen LogP contribution in [0.5, 0.6) is 0 Å². The summed E-state index contributed by atoms with van der Waals surface area (Å²) in [4.78, 5) is 11.1. The molecule has 3 atom stereocenters. The van der Waals surface area contributed by atoms with Gasteiger partial charge < -0.3 is 15.6 Å². The first-order valence-corrected chi connectivity index (χ1v) is 3.60. The van der Waals surface area contributed by atoms with Gasteiger partial charge in [0.25, 0.3) is 0 Å². The van der Waals surface area contributed by atoms with Crippen LogP contribution in [-0.4, -0.2) is 22.9 Å². The monoisotopic (exact) mass is 157 g/mol. The average Bonchev–Trinajstić information content (AvgIpc) is 2.15. The zero-order valence-corrected chi connectivity index (χ0v) is 6.50. The van der Waals surface area contributed by atoms with Gasteiger partial charge in [0.05, 0.1) is 5.92 Å². The summed E-state index contributed by atoms with van der Waals surface area (Å²) in [5, 5.41) is 9.19. The van der Waals surface area contributed by atoms with Crippen LogP contribution < -0.4 is 5.73 Å². The number of nitrogens with two attached hydrogens (primary N) is 1. The van der Waals surface area contributed by atoms with Gasteiger partial charge >= 0.3 is 5.97 Å². The first-order chi connectivity index (χ1) is 4.92. The van der Waals surface area contributed by atoms with Gasteiger partial charge in [-0.1, -0.05) is 13.8 Å². The van der Waals surface area contributed by atoms with Crippen LogP contribution in [0.1, 0.15) is 13.8 Å². The maximum Gasteiger partial charge on any atom is 0.329 e. The molecule has 1 aliphatic heterocycles. The van der Waals surface area contributed by atoms with Gasteiger partial charge in [-0.05, 0) is 0 Å². The highest BCUT2D eigenvalue weighted by Gasteiger charge is 2.81. The molecular weight excluding hydrogens is 146 g/mol. The Kier molecular flexibility index (Phi) is 0.927. The summed E-state index contributed by atoms with van der Waals surface area (Å²) < 4.78 is 4.55. The Hall–Kier alpha value is -0.610. The van der Waals surface area contributed by atoms with Crippen molar-refractivity contribution in [2.75, 3.05) is 0 Å². The number of esters is 1. The van der Waals surface area contributed by atoms with E-state index >= 15 is 0 Å². The molecule has 11 heavy (non-hydrogen) atoms. The van der Waals surface area contributed by atoms with E-state index in [1.54, 1.807) is 0 Å². The molecule has 1 saturated heterocycles. The number of cyclic esters (lactones) is 1. The van der Waals surface area contributed by atoms with Crippen molar-refractivity contribution in [3.05, 3.63) is 0 Å². The standard InChI is InChI=1S/C7H11NO3/c1-6(2)3-4(9)11-5(10)7(3,6)8/h3-4,9H,8H2,1-2H3. The van der Waals surface area contributed by atoms with Crippen LogP contribution in [-0.2, 0) is 9.53 Å². The molecule has 0 amide bonds. The Balaban J connectivity index is 2.39. The zero-order chi connectivity index (χ0) is 8.44. The van der Waals surface area contributed by atoms with Crippen LogP contribution in [0.2, 0.25) is 0 Å². The second kappa shape index (κ2) is 1.44. The van der Waals surface area contributed by atoms with Crippen molar-refractivity contribution in [1.29, 1.82) is 0 Å². The van der Waals surface area contributed by atoms with Gasteiger partial charge in [-0.15, -0.1) is 0 Å². The third-order valence-corrected chi connectivity index (χ3v) is 3.10. The van der Waals surface area contributed by atoms with Gasteiger partial charge in [-0.25, -0.2) is 4.79 Å². The lowest BCUT2D eigenvalue weighted by Crippen LogP contribution is -2.37. The molecule has 4 nitrogen and oxygen atoms in total. The van der Waals surface area contributed by atoms with Gasteiger partial charge in [-0.2, -0.15) is 0 Å². The van der Waals surface area contributed by atoms with Crippen LogP contribution in [0.15, 0.2) is 0 Å². The number of carbonyl (C=O) groups excluding carboxylic acids is 1. The minimum absolute atomic E-state index is 0.220. The predicted octanol–water partition coefficient (Wildman–Crippen LogP) is -0.785. The topological polar surface area (TPSA) is 72.5 Å². The smallest absolute Gasteiger partial charge is 0.329 e. The molecule has 1 saturated carbocycles. The molecule has 3 N–H and O–H groups in total. The summed E-state index contributed by atoms with van der Waals surface area (Å²) in [5.41, 5.74) is 4.50. The molecule has 3 unspecified atom stereocenters. The summed E-state index contributed by atoms with van der Waals surface area (Å²) in [7, 11) is 0. The molecule has 4 heteroatoms. The highest BCUT2D eigenvalue weighted by molar-refractivity contribution is 5.89. The van der Waals surface area contributed by atoms with E-state index in [1.165, 1.54) is 0 Å². The van der Waals surface area contributed by atoms with E-state index in [-0.39, 0.29) is 11.3 Å². The third-order valence-electron chi connectivity index (χ3n) is 3.10. The number of ether oxygens (including phenoxy) is 1. The lowest BCUT2D eigenvalue weighted by atomic mass is 10.1. The molecule has 1 aliphatic carbocycles. The van der Waals surface area contributed by atoms with Crippen molar-refractivity contribution < 1.29 is 14.6 Å². The Morgan fingerprint density at radius 3 is 2.36 bits per heavy atom. The van der Waals surface area contributed by atoms with E-state index in [1.807, 2.05) is 13.8 Å². The van der Waals surface area contributed by atoms with Gasteiger partial charge in [0, 0.05) is 5.41 Å². The van der Waals surface area contributed by atoms with Crippen molar-refractivity contribution in [3.8, 4) is 0 Å². The normalized spacial score (nSPS) is 51.8. The third kappa shape index (κ3) is 0.489. The van der Waals surface area contributed by atoms with Crippen molar-refractivity contribution in [2.45, 2.75) is 25.7 Å². The Labute approximate surface area is 64.3 Å². The fourth-order valence-corrected chi connectivity index (χ4v) is 2.08. The molecule has 2 aliphatic rings. The van der Waals surface area contributed by atoms with E-state index in [2.05, 4.69) is 4.74 Å². The Morgan fingerprint density at radius 1 is 1.64 bits per heavy atom. The number of aliphatic hydroxyl groups excluding tert-OH is 1. The van der Waals surface area contributed by atoms with Gasteiger partial charge in [0.15, 0.2) is 0 Å². The first kappa shape index (κ1) is 7.06. The summed E-state index contributed by atoms with van der Waals surface area (Å²) in [5.74, 6) is -0.692. The molecule has 0 radical (unpaired) electrons. The van der Waals surface area contributed by atoms with Crippen LogP contribution in [0.3, 0.4) is 0 Å². The number of aliphatic hydroxyl groups is 1. The highest BCUT2D eigenvalue weighted by atomic mass is 16.6. The Morgan fingerprint density at radius 2 is 2.18 bits per heavy atom. The molecule has 0 aromatic carbocycles. The van der Waals surface area contributed by atoms with Crippen LogP contribution in [0, 0.1) is 11.3 Å². The number of carbonyl (C=O) groups is 1. The zero-order valence-electron chi connectivity index (χ0n) is 6.50. The highest BCUT2D eigenvalue weighted by Crippen LogP contribution is 2.65. The number of fused-ring (bicyclic) bond motifs is 1. The molecule has 0 bridgehead atoms. The molecule has 1 heterocycles. The van der Waals surface area contributed by atoms with Gasteiger partial charge in [0.2, 0.25) is 6.29 Å². The maximum atomic E-state index is 11.1. The van der Waals surface area contributed by atoms with Crippen LogP contribution in [0.25, 0.3) is 0 Å². The van der Waals surface area contributed by atoms with Crippen LogP contribution in [0.4, 0.5) is 0 Å². The minimum Gasteiger partial charge on any atom is -0.434 e. The number of rotatable bonds is 0. The molecule has 2 fully saturated rings. The number of hydrogen-bond acceptors (Lipinski definition) is 4. The average molecular weight is 157 g/mol. The van der Waals surface area contributed by atoms with Gasteiger partial charge in [0.1, 0.15) is 5.54 Å². The van der Waals surface area contributed by atoms with E-state index in [9.17, 15) is 9.90 Å². The van der Waals surface area contributed by atoms with E-state index < -0.39 is 17.8 Å². The van der Waals surface area contributed by atoms with Crippen molar-refractivity contribution >= 4 is 5.97 Å². The van der Waals surface area contributed by atoms with Crippen LogP contribution >= 0.6 is 0 Å². The quantitative estimate of drug-likeness (QED) is 0.452. The lowest BCUT2D eigenvalue weighted by Gasteiger charge is -2.14. The van der Waals surface area contributed by atoms with Crippen molar-refractivity contribution in [1.82, 2.24) is 0 Å². The second-order valence-corrected chi connectivity index (χ2v) is 3.86. The fourth-order valence-electron chi connectivity index (χ4n) is 2.08. The molecular formula is C7H11NO3. The molecule has 0 spiro atoms. The summed E-state index contributed by atoms with van der Waals surface area (Å²) in [6.45, 7) is 3.72. The first-order valence-electron chi connectivity index (χ1n) is 3.60. The maximum absolute atomic E-state index is 11.1. The fraction of sp³-hybridized carbons (Fsp3) is 0.857. The summed E-state index contributed by atoms with van der Waals surface area (Å²) in [6, 6.07) is 0. The lowest BCUT2D eigenvalue weighted by molar-refractivity contribution is -0.164. The van der Waals surface area contributed by atoms with Gasteiger partial charge in [-0.3, -0.25) is 0 Å². The second-order valence-electron chi connectivity index (χ2n) is 3.86. The van der Waals surface area contributed by atoms with Crippen molar-refractivity contribution in [2.24, 2.45) is 17.1 Å². The summed E-state index contributed by atoms with van der Waals surface area (Å²) >= 11 is 0. The Bertz CT molecular complexity index is 238. The molecule has 62 valence electrons. The molecule has 0 aromatic rings. The number of hydrogen-bond donors (Lipinski definition) is 2. The van der Waals surface area contributed by atoms with E-state index in [4.69, 9.17) is 5.73 Å². The molecule has 0 aromatic heterocycles. The summed E-state index contributed by atoms with van der Waals surface area (Å²) in [6.07, 6.45) is -0.998. The molecule has 2 rings (SSSR count). The van der Waals surface area contributed by atoms with E-state index in [0.717, 1.165) is 0 Å². The predicted molar refractivity (Wildman–Crippen MR) is 36.3 cm³/mol. The SMILES string of the molecule is CC1(C)C2C(O)OC(=O)C21N. The largest absolute Gasteiger partial charge is 0.434 e. The van der Waals surface area contributed by atoms with E-state index in [0.29, 0.717) is 0 Å². The van der Waals surface area contributed by atoms with Crippen molar-refractivity contribution in [3.63, 3.8) is 0 Å².